The number of benzene rings is 2. The van der Waals surface area contributed by atoms with Crippen molar-refractivity contribution in [1.29, 1.82) is 0 Å². The van der Waals surface area contributed by atoms with E-state index >= 15 is 0 Å². The lowest BCUT2D eigenvalue weighted by Crippen LogP contribution is -2.40. The molecule has 2 aromatic carbocycles. The van der Waals surface area contributed by atoms with E-state index in [9.17, 15) is 0 Å². The number of rotatable bonds is 5. The molecule has 0 aromatic heterocycles. The van der Waals surface area contributed by atoms with Gasteiger partial charge in [-0.3, -0.25) is 4.67 Å². The molecule has 0 radical (unpaired) electrons. The maximum absolute atomic E-state index is 6.51. The van der Waals surface area contributed by atoms with Gasteiger partial charge < -0.3 is 4.74 Å². The first kappa shape index (κ1) is 18.9. The van der Waals surface area contributed by atoms with Crippen LogP contribution in [-0.4, -0.2) is 35.8 Å². The normalized spacial score (nSPS) is 23.4. The minimum absolute atomic E-state index is 0.194. The van der Waals surface area contributed by atoms with Gasteiger partial charge in [0.05, 0.1) is 18.3 Å². The molecule has 1 saturated heterocycles. The molecule has 5 heteroatoms. The first-order chi connectivity index (χ1) is 13.1. The third-order valence-corrected chi connectivity index (χ3v) is 10.6. The molecule has 1 fully saturated rings. The topological polar surface area (TPSA) is 24.8 Å². The Morgan fingerprint density at radius 1 is 1.04 bits per heavy atom. The Morgan fingerprint density at radius 3 is 2.15 bits per heavy atom. The summed E-state index contributed by atoms with van der Waals surface area (Å²) in [6, 6.07) is 21.8. The lowest BCUT2D eigenvalue weighted by Gasteiger charge is -2.36. The summed E-state index contributed by atoms with van der Waals surface area (Å²) in [5, 5.41) is 2.49. The van der Waals surface area contributed by atoms with Crippen molar-refractivity contribution in [1.82, 2.24) is 4.67 Å². The van der Waals surface area contributed by atoms with Gasteiger partial charge in [0.1, 0.15) is 6.61 Å². The second kappa shape index (κ2) is 7.87. The highest BCUT2D eigenvalue weighted by Crippen LogP contribution is 2.52. The molecule has 0 unspecified atom stereocenters. The highest BCUT2D eigenvalue weighted by atomic mass is 32.4. The maximum Gasteiger partial charge on any atom is 0.201 e. The van der Waals surface area contributed by atoms with Crippen molar-refractivity contribution in [2.24, 2.45) is 10.9 Å². The van der Waals surface area contributed by atoms with E-state index in [0.29, 0.717) is 12.5 Å². The average Bonchev–Trinajstić information content (AvgIpc) is 3.38. The summed E-state index contributed by atoms with van der Waals surface area (Å²) in [4.78, 5) is 4.94. The summed E-state index contributed by atoms with van der Waals surface area (Å²) in [7, 11) is 0. The van der Waals surface area contributed by atoms with Crippen LogP contribution < -0.4 is 10.6 Å². The van der Waals surface area contributed by atoms with Crippen molar-refractivity contribution in [2.75, 3.05) is 13.2 Å². The number of nitrogens with zero attached hydrogens (tertiary/aromatic N) is 2. The molecule has 0 N–H and O–H groups in total. The molecule has 0 saturated carbocycles. The van der Waals surface area contributed by atoms with Crippen LogP contribution in [0.4, 0.5) is 0 Å². The first-order valence-electron chi connectivity index (χ1n) is 9.79. The fourth-order valence-electron chi connectivity index (χ4n) is 3.98. The Morgan fingerprint density at radius 2 is 1.63 bits per heavy atom. The average molecular weight is 399 g/mol. The van der Waals surface area contributed by atoms with E-state index in [0.717, 1.165) is 25.3 Å². The van der Waals surface area contributed by atoms with E-state index in [1.54, 1.807) is 0 Å². The van der Waals surface area contributed by atoms with Gasteiger partial charge in [0.25, 0.3) is 0 Å². The summed E-state index contributed by atoms with van der Waals surface area (Å²) in [6.45, 7) is 6.13. The summed E-state index contributed by atoms with van der Waals surface area (Å²) in [5.41, 5.74) is 0. The standard InChI is InChI=1S/C22H27N2OPS/c1-17(2)20-16-25-22(23-20)21-14-9-15-24(21)26(27,18-10-5-3-6-11-18)19-12-7-4-8-13-19/h3-8,10-13,17,20-21H,9,14-16H2,1-2H3/t20-,21-/m0/s1. The van der Waals surface area contributed by atoms with Crippen LogP contribution in [0.5, 0.6) is 0 Å². The van der Waals surface area contributed by atoms with Gasteiger partial charge in [-0.05, 0) is 18.8 Å². The number of hydrogen-bond acceptors (Lipinski definition) is 3. The zero-order chi connectivity index (χ0) is 18.9. The quantitative estimate of drug-likeness (QED) is 0.713. The molecule has 2 aromatic rings. The van der Waals surface area contributed by atoms with Crippen LogP contribution in [0.2, 0.25) is 0 Å². The Bertz CT molecular complexity index is 810. The fraction of sp³-hybridized carbons (Fsp3) is 0.409. The molecule has 0 bridgehead atoms. The van der Waals surface area contributed by atoms with E-state index < -0.39 is 6.19 Å². The van der Waals surface area contributed by atoms with Crippen LogP contribution in [0, 0.1) is 5.92 Å². The van der Waals surface area contributed by atoms with Gasteiger partial charge in [-0.1, -0.05) is 86.3 Å². The third kappa shape index (κ3) is 3.51. The van der Waals surface area contributed by atoms with Crippen molar-refractivity contribution in [3.63, 3.8) is 0 Å². The van der Waals surface area contributed by atoms with Gasteiger partial charge in [0.2, 0.25) is 5.90 Å². The van der Waals surface area contributed by atoms with Crippen LogP contribution >= 0.6 is 6.19 Å². The largest absolute Gasteiger partial charge is 0.478 e. The Kier molecular flexibility index (Phi) is 5.50. The highest BCUT2D eigenvalue weighted by Gasteiger charge is 2.42. The summed E-state index contributed by atoms with van der Waals surface area (Å²) >= 11 is 6.51. The predicted octanol–water partition coefficient (Wildman–Crippen LogP) is 3.95. The van der Waals surface area contributed by atoms with Gasteiger partial charge in [-0.15, -0.1) is 0 Å². The van der Waals surface area contributed by atoms with E-state index in [2.05, 4.69) is 79.2 Å². The zero-order valence-electron chi connectivity index (χ0n) is 16.0. The fourth-order valence-corrected chi connectivity index (χ4v) is 8.37. The molecule has 142 valence electrons. The second-order valence-electron chi connectivity index (χ2n) is 7.66. The van der Waals surface area contributed by atoms with Crippen molar-refractivity contribution in [3.05, 3.63) is 60.7 Å². The number of ether oxygens (including phenoxy) is 1. The lowest BCUT2D eigenvalue weighted by atomic mass is 10.1. The zero-order valence-corrected chi connectivity index (χ0v) is 17.7. The molecule has 0 spiro atoms. The van der Waals surface area contributed by atoms with Crippen LogP contribution in [0.25, 0.3) is 0 Å². The van der Waals surface area contributed by atoms with Gasteiger partial charge in [-0.2, -0.15) is 0 Å². The Hall–Kier alpha value is -1.48. The SMILES string of the molecule is CC(C)[C@@H]1COC([C@@H]2CCCN2P(=S)(c2ccccc2)c2ccccc2)=N1. The summed E-state index contributed by atoms with van der Waals surface area (Å²) in [5.74, 6) is 1.41. The van der Waals surface area contributed by atoms with Crippen molar-refractivity contribution >= 4 is 34.5 Å². The molecule has 3 nitrogen and oxygen atoms in total. The maximum atomic E-state index is 6.51. The van der Waals surface area contributed by atoms with Crippen molar-refractivity contribution in [2.45, 2.75) is 38.8 Å². The van der Waals surface area contributed by atoms with Crippen LogP contribution in [-0.2, 0) is 16.5 Å². The monoisotopic (exact) mass is 398 g/mol. The van der Waals surface area contributed by atoms with Crippen LogP contribution in [0.1, 0.15) is 26.7 Å². The summed E-state index contributed by atoms with van der Waals surface area (Å²) in [6.07, 6.45) is 0.0895. The number of hydrogen-bond donors (Lipinski definition) is 0. The second-order valence-corrected chi connectivity index (χ2v) is 11.9. The molecule has 4 rings (SSSR count). The minimum Gasteiger partial charge on any atom is -0.478 e. The third-order valence-electron chi connectivity index (χ3n) is 5.55. The van der Waals surface area contributed by atoms with Crippen LogP contribution in [0.3, 0.4) is 0 Å². The number of aliphatic imine (C=N–C) groups is 1. The van der Waals surface area contributed by atoms with E-state index in [1.165, 1.54) is 10.6 Å². The van der Waals surface area contributed by atoms with E-state index in [1.807, 2.05) is 0 Å². The molecule has 2 heterocycles. The molecule has 0 aliphatic carbocycles. The van der Waals surface area contributed by atoms with Crippen molar-refractivity contribution in [3.8, 4) is 0 Å². The highest BCUT2D eigenvalue weighted by molar-refractivity contribution is 8.20. The Balaban J connectivity index is 1.77. The van der Waals surface area contributed by atoms with Gasteiger partial charge in [-0.25, -0.2) is 4.99 Å². The molecular weight excluding hydrogens is 371 g/mol. The molecule has 0 amide bonds. The summed E-state index contributed by atoms with van der Waals surface area (Å²) < 4.78 is 8.62. The molecular formula is C22H27N2OPS. The van der Waals surface area contributed by atoms with E-state index in [-0.39, 0.29) is 12.1 Å². The lowest BCUT2D eigenvalue weighted by molar-refractivity contribution is 0.273. The van der Waals surface area contributed by atoms with Crippen LogP contribution in [0.15, 0.2) is 65.7 Å². The van der Waals surface area contributed by atoms with Crippen molar-refractivity contribution < 1.29 is 4.74 Å². The van der Waals surface area contributed by atoms with Gasteiger partial charge in [0.15, 0.2) is 0 Å². The molecule has 2 atom stereocenters. The molecule has 27 heavy (non-hydrogen) atoms. The molecule has 2 aliphatic rings. The molecule has 2 aliphatic heterocycles. The first-order valence-corrected chi connectivity index (χ1v) is 12.5. The van der Waals surface area contributed by atoms with E-state index in [4.69, 9.17) is 21.5 Å². The van der Waals surface area contributed by atoms with Gasteiger partial charge >= 0.3 is 0 Å². The van der Waals surface area contributed by atoms with Gasteiger partial charge in [0, 0.05) is 17.2 Å². The predicted molar refractivity (Wildman–Crippen MR) is 118 cm³/mol. The Labute approximate surface area is 167 Å². The smallest absolute Gasteiger partial charge is 0.201 e. The minimum atomic E-state index is -2.12.